The molecule has 1 aliphatic rings. The summed E-state index contributed by atoms with van der Waals surface area (Å²) in [5.41, 5.74) is 0.769. The van der Waals surface area contributed by atoms with E-state index in [0.29, 0.717) is 34.5 Å². The molecule has 1 aromatic carbocycles. The van der Waals surface area contributed by atoms with Gasteiger partial charge < -0.3 is 14.0 Å². The fourth-order valence-corrected chi connectivity index (χ4v) is 4.73. The second-order valence-electron chi connectivity index (χ2n) is 10.3. The molecule has 1 saturated heterocycles. The van der Waals surface area contributed by atoms with Crippen molar-refractivity contribution in [1.29, 1.82) is 0 Å². The van der Waals surface area contributed by atoms with Gasteiger partial charge in [0.1, 0.15) is 24.0 Å². The van der Waals surface area contributed by atoms with E-state index in [1.807, 2.05) is 25.3 Å². The maximum atomic E-state index is 14.3. The fourth-order valence-electron chi connectivity index (χ4n) is 3.64. The number of likely N-dealkylation sites (tertiary alicyclic amines) is 1. The minimum absolute atomic E-state index is 0.232. The first-order chi connectivity index (χ1) is 14.4. The summed E-state index contributed by atoms with van der Waals surface area (Å²) >= 11 is 3.25. The lowest BCUT2D eigenvalue weighted by Crippen LogP contribution is -2.37. The molecule has 3 rings (SSSR count). The summed E-state index contributed by atoms with van der Waals surface area (Å²) in [6.07, 6.45) is 1.29. The second-order valence-corrected chi connectivity index (χ2v) is 16.8. The lowest BCUT2D eigenvalue weighted by atomic mass is 10.2. The van der Waals surface area contributed by atoms with Gasteiger partial charge in [-0.05, 0) is 61.7 Å². The highest BCUT2D eigenvalue weighted by Gasteiger charge is 2.36. The topological polar surface area (TPSA) is 56.6 Å². The molecule has 0 aliphatic carbocycles. The minimum atomic E-state index is -1.22. The monoisotopic (exact) mass is 513 g/mol. The van der Waals surface area contributed by atoms with Crippen LogP contribution in [0.1, 0.15) is 45.5 Å². The SMILES string of the molecule is CC(C)(C)OC(=O)N1CCCC1c1nc2cc(Br)c(F)cc2n1COCC[Si](C)(C)C. The number of imidazole rings is 1. The van der Waals surface area contributed by atoms with Crippen molar-refractivity contribution < 1.29 is 18.7 Å². The number of hydrogen-bond donors (Lipinski definition) is 0. The third-order valence-electron chi connectivity index (χ3n) is 5.22. The molecule has 172 valence electrons. The van der Waals surface area contributed by atoms with Gasteiger partial charge in [0.15, 0.2) is 0 Å². The lowest BCUT2D eigenvalue weighted by Gasteiger charge is -2.28. The van der Waals surface area contributed by atoms with Crippen molar-refractivity contribution in [2.45, 2.75) is 77.7 Å². The van der Waals surface area contributed by atoms with Crippen molar-refractivity contribution in [3.8, 4) is 0 Å². The molecule has 1 unspecified atom stereocenters. The first-order valence-corrected chi connectivity index (χ1v) is 15.3. The van der Waals surface area contributed by atoms with E-state index >= 15 is 0 Å². The quantitative estimate of drug-likeness (QED) is 0.334. The van der Waals surface area contributed by atoms with E-state index in [1.165, 1.54) is 6.07 Å². The maximum absolute atomic E-state index is 14.3. The predicted octanol–water partition coefficient (Wildman–Crippen LogP) is 6.32. The van der Waals surface area contributed by atoms with Gasteiger partial charge in [-0.3, -0.25) is 4.90 Å². The van der Waals surface area contributed by atoms with Gasteiger partial charge in [-0.25, -0.2) is 14.2 Å². The molecule has 1 amide bonds. The normalized spacial score (nSPS) is 17.5. The van der Waals surface area contributed by atoms with Gasteiger partial charge in [0.2, 0.25) is 0 Å². The van der Waals surface area contributed by atoms with Gasteiger partial charge in [0.25, 0.3) is 0 Å². The zero-order valence-corrected chi connectivity index (χ0v) is 21.9. The van der Waals surface area contributed by atoms with Crippen LogP contribution in [0, 0.1) is 5.82 Å². The van der Waals surface area contributed by atoms with Crippen LogP contribution in [0.4, 0.5) is 9.18 Å². The Labute approximate surface area is 193 Å². The molecule has 1 aliphatic heterocycles. The molecule has 0 saturated carbocycles. The number of carbonyl (C=O) groups excluding carboxylic acids is 1. The highest BCUT2D eigenvalue weighted by molar-refractivity contribution is 9.10. The van der Waals surface area contributed by atoms with E-state index in [2.05, 4.69) is 35.6 Å². The number of halogens is 2. The van der Waals surface area contributed by atoms with Gasteiger partial charge in [-0.15, -0.1) is 0 Å². The zero-order chi connectivity index (χ0) is 23.0. The average Bonchev–Trinajstić information content (AvgIpc) is 3.22. The van der Waals surface area contributed by atoms with E-state index in [-0.39, 0.29) is 24.7 Å². The van der Waals surface area contributed by atoms with Crippen LogP contribution in [0.3, 0.4) is 0 Å². The van der Waals surface area contributed by atoms with Gasteiger partial charge in [-0.2, -0.15) is 0 Å². The van der Waals surface area contributed by atoms with Gasteiger partial charge >= 0.3 is 6.09 Å². The molecule has 1 atom stereocenters. The van der Waals surface area contributed by atoms with Gasteiger partial charge in [0, 0.05) is 27.3 Å². The Kier molecular flexibility index (Phi) is 7.17. The molecular weight excluding hydrogens is 481 g/mol. The molecule has 0 N–H and O–H groups in total. The van der Waals surface area contributed by atoms with Gasteiger partial charge in [0.05, 0.1) is 21.5 Å². The third-order valence-corrected chi connectivity index (χ3v) is 7.53. The highest BCUT2D eigenvalue weighted by atomic mass is 79.9. The van der Waals surface area contributed by atoms with Crippen LogP contribution in [0.2, 0.25) is 25.7 Å². The van der Waals surface area contributed by atoms with Crippen LogP contribution in [-0.2, 0) is 16.2 Å². The molecule has 31 heavy (non-hydrogen) atoms. The van der Waals surface area contributed by atoms with Crippen LogP contribution in [0.5, 0.6) is 0 Å². The number of ether oxygens (including phenoxy) is 2. The van der Waals surface area contributed by atoms with Crippen molar-refractivity contribution in [3.63, 3.8) is 0 Å². The molecule has 2 aromatic rings. The molecule has 1 fully saturated rings. The summed E-state index contributed by atoms with van der Waals surface area (Å²) in [6, 6.07) is 3.97. The first-order valence-electron chi connectivity index (χ1n) is 10.8. The van der Waals surface area contributed by atoms with Crippen LogP contribution in [0.15, 0.2) is 16.6 Å². The van der Waals surface area contributed by atoms with Crippen molar-refractivity contribution in [3.05, 3.63) is 28.2 Å². The molecule has 0 spiro atoms. The summed E-state index contributed by atoms with van der Waals surface area (Å²) in [5.74, 6) is 0.363. The standard InChI is InChI=1S/C22H33BrFN3O3Si/c1-22(2,3)30-21(28)26-9-7-8-18(26)20-25-17-12-15(23)16(24)13-19(17)27(20)14-29-10-11-31(4,5)6/h12-13,18H,7-11,14H2,1-6H3. The molecule has 1 aromatic heterocycles. The second kappa shape index (κ2) is 9.19. The zero-order valence-electron chi connectivity index (χ0n) is 19.3. The minimum Gasteiger partial charge on any atom is -0.444 e. The Balaban J connectivity index is 1.93. The Hall–Kier alpha value is -1.45. The van der Waals surface area contributed by atoms with E-state index in [9.17, 15) is 9.18 Å². The Morgan fingerprint density at radius 1 is 1.32 bits per heavy atom. The largest absolute Gasteiger partial charge is 0.444 e. The van der Waals surface area contributed by atoms with Gasteiger partial charge in [-0.1, -0.05) is 19.6 Å². The maximum Gasteiger partial charge on any atom is 0.410 e. The van der Waals surface area contributed by atoms with Crippen LogP contribution in [-0.4, -0.2) is 47.4 Å². The number of nitrogens with zero attached hydrogens (tertiary/aromatic N) is 3. The van der Waals surface area contributed by atoms with Crippen molar-refractivity contribution >= 4 is 41.1 Å². The van der Waals surface area contributed by atoms with E-state index in [4.69, 9.17) is 14.5 Å². The molecule has 6 nitrogen and oxygen atoms in total. The summed E-state index contributed by atoms with van der Waals surface area (Å²) < 4.78 is 28.2. The number of hydrogen-bond acceptors (Lipinski definition) is 4. The Morgan fingerprint density at radius 2 is 2.03 bits per heavy atom. The number of carbonyl (C=O) groups is 1. The Morgan fingerprint density at radius 3 is 2.68 bits per heavy atom. The highest BCUT2D eigenvalue weighted by Crippen LogP contribution is 2.35. The fraction of sp³-hybridized carbons (Fsp3) is 0.636. The predicted molar refractivity (Wildman–Crippen MR) is 126 cm³/mol. The third kappa shape index (κ3) is 6.07. The van der Waals surface area contributed by atoms with E-state index in [0.717, 1.165) is 18.9 Å². The van der Waals surface area contributed by atoms with Crippen LogP contribution < -0.4 is 0 Å². The summed E-state index contributed by atoms with van der Waals surface area (Å²) in [7, 11) is -1.22. The number of benzene rings is 1. The molecule has 0 radical (unpaired) electrons. The van der Waals surface area contributed by atoms with Crippen molar-refractivity contribution in [2.24, 2.45) is 0 Å². The number of fused-ring (bicyclic) bond motifs is 1. The van der Waals surface area contributed by atoms with Crippen LogP contribution >= 0.6 is 15.9 Å². The first kappa shape index (κ1) is 24.2. The van der Waals surface area contributed by atoms with Crippen molar-refractivity contribution in [2.75, 3.05) is 13.2 Å². The number of rotatable bonds is 6. The number of aromatic nitrogens is 2. The average molecular weight is 515 g/mol. The molecular formula is C22H33BrFN3O3Si. The van der Waals surface area contributed by atoms with Crippen molar-refractivity contribution in [1.82, 2.24) is 14.5 Å². The van der Waals surface area contributed by atoms with Crippen LogP contribution in [0.25, 0.3) is 11.0 Å². The smallest absolute Gasteiger partial charge is 0.410 e. The lowest BCUT2D eigenvalue weighted by molar-refractivity contribution is 0.0205. The summed E-state index contributed by atoms with van der Waals surface area (Å²) in [6.45, 7) is 14.0. The molecule has 0 bridgehead atoms. The van der Waals surface area contributed by atoms with E-state index in [1.54, 1.807) is 11.0 Å². The molecule has 9 heteroatoms. The Bertz CT molecular complexity index is 952. The summed E-state index contributed by atoms with van der Waals surface area (Å²) in [5, 5.41) is 0. The number of amides is 1. The molecule has 2 heterocycles. The van der Waals surface area contributed by atoms with E-state index < -0.39 is 13.7 Å². The summed E-state index contributed by atoms with van der Waals surface area (Å²) in [4.78, 5) is 19.4.